The Hall–Kier alpha value is -0.960. The first kappa shape index (κ1) is 14.4. The van der Waals surface area contributed by atoms with Crippen LogP contribution in [0.1, 0.15) is 16.7 Å². The summed E-state index contributed by atoms with van der Waals surface area (Å²) in [6.07, 6.45) is 0. The van der Waals surface area contributed by atoms with Gasteiger partial charge >= 0.3 is 0 Å². The van der Waals surface area contributed by atoms with Gasteiger partial charge in [0.2, 0.25) is 0 Å². The number of halogens is 1. The minimum Gasteiger partial charge on any atom is -0.316 e. The van der Waals surface area contributed by atoms with Gasteiger partial charge in [0, 0.05) is 22.2 Å². The van der Waals surface area contributed by atoms with Crippen LogP contribution in [0.25, 0.3) is 0 Å². The molecule has 3 heteroatoms. The van der Waals surface area contributed by atoms with Crippen LogP contribution >= 0.6 is 23.4 Å². The number of nitrogens with one attached hydrogen (secondary N) is 1. The molecule has 2 aromatic carbocycles. The second-order valence-corrected chi connectivity index (χ2v) is 6.01. The molecule has 0 aromatic heterocycles. The Labute approximate surface area is 124 Å². The molecule has 0 aliphatic carbocycles. The molecule has 0 radical (unpaired) electrons. The molecule has 0 unspecified atom stereocenters. The lowest BCUT2D eigenvalue weighted by Crippen LogP contribution is -2.06. The standard InChI is InChI=1S/C16H18ClNS/c1-12-4-3-5-13(8-12)11-19-16-9-15(17)7-6-14(16)10-18-2/h3-9,18H,10-11H2,1-2H3. The Balaban J connectivity index is 2.12. The Bertz CT molecular complexity index is 554. The number of thioether (sulfide) groups is 1. The fourth-order valence-corrected chi connectivity index (χ4v) is 3.24. The van der Waals surface area contributed by atoms with Crippen LogP contribution in [-0.2, 0) is 12.3 Å². The monoisotopic (exact) mass is 291 g/mol. The maximum Gasteiger partial charge on any atom is 0.0417 e. The van der Waals surface area contributed by atoms with Crippen LogP contribution in [0, 0.1) is 6.92 Å². The van der Waals surface area contributed by atoms with E-state index in [1.54, 1.807) is 0 Å². The summed E-state index contributed by atoms with van der Waals surface area (Å²) in [5.74, 6) is 0.971. The first-order chi connectivity index (χ1) is 9.19. The molecule has 2 rings (SSSR count). The molecule has 2 aromatic rings. The SMILES string of the molecule is CNCc1ccc(Cl)cc1SCc1cccc(C)c1. The van der Waals surface area contributed by atoms with Crippen molar-refractivity contribution in [2.45, 2.75) is 24.1 Å². The minimum atomic E-state index is 0.798. The van der Waals surface area contributed by atoms with Gasteiger partial charge in [0.15, 0.2) is 0 Å². The highest BCUT2D eigenvalue weighted by Crippen LogP contribution is 2.29. The highest BCUT2D eigenvalue weighted by Gasteiger charge is 2.04. The molecular weight excluding hydrogens is 274 g/mol. The quantitative estimate of drug-likeness (QED) is 0.804. The summed E-state index contributed by atoms with van der Waals surface area (Å²) in [5, 5.41) is 3.99. The first-order valence-corrected chi connectivity index (χ1v) is 7.67. The van der Waals surface area contributed by atoms with Crippen LogP contribution in [0.3, 0.4) is 0 Å². The Morgan fingerprint density at radius 2 is 2.00 bits per heavy atom. The van der Waals surface area contributed by atoms with E-state index < -0.39 is 0 Å². The normalized spacial score (nSPS) is 10.7. The second-order valence-electron chi connectivity index (χ2n) is 4.56. The summed E-state index contributed by atoms with van der Waals surface area (Å²) in [6, 6.07) is 14.7. The summed E-state index contributed by atoms with van der Waals surface area (Å²) in [5.41, 5.74) is 3.95. The molecule has 0 spiro atoms. The predicted octanol–water partition coefficient (Wildman–Crippen LogP) is 4.66. The maximum absolute atomic E-state index is 6.09. The van der Waals surface area contributed by atoms with Crippen molar-refractivity contribution >= 4 is 23.4 Å². The molecule has 0 saturated carbocycles. The van der Waals surface area contributed by atoms with Gasteiger partial charge in [-0.3, -0.25) is 0 Å². The van der Waals surface area contributed by atoms with Crippen molar-refractivity contribution in [3.05, 3.63) is 64.2 Å². The number of hydrogen-bond acceptors (Lipinski definition) is 2. The molecule has 0 atom stereocenters. The van der Waals surface area contributed by atoms with Crippen molar-refractivity contribution in [3.63, 3.8) is 0 Å². The Morgan fingerprint density at radius 1 is 1.16 bits per heavy atom. The molecule has 0 saturated heterocycles. The molecule has 0 amide bonds. The summed E-state index contributed by atoms with van der Waals surface area (Å²) in [7, 11) is 1.96. The fraction of sp³-hybridized carbons (Fsp3) is 0.250. The molecule has 0 fully saturated rings. The second kappa shape index (κ2) is 6.99. The van der Waals surface area contributed by atoms with E-state index in [-0.39, 0.29) is 0 Å². The number of rotatable bonds is 5. The van der Waals surface area contributed by atoms with Crippen LogP contribution in [-0.4, -0.2) is 7.05 Å². The van der Waals surface area contributed by atoms with Crippen LogP contribution < -0.4 is 5.32 Å². The van der Waals surface area contributed by atoms with E-state index in [0.717, 1.165) is 17.3 Å². The Morgan fingerprint density at radius 3 is 2.74 bits per heavy atom. The predicted molar refractivity (Wildman–Crippen MR) is 85.0 cm³/mol. The van der Waals surface area contributed by atoms with E-state index in [4.69, 9.17) is 11.6 Å². The average Bonchev–Trinajstić information content (AvgIpc) is 2.39. The Kier molecular flexibility index (Phi) is 5.32. The van der Waals surface area contributed by atoms with E-state index in [1.165, 1.54) is 21.6 Å². The molecule has 1 nitrogen and oxygen atoms in total. The maximum atomic E-state index is 6.09. The fourth-order valence-electron chi connectivity index (χ4n) is 1.96. The lowest BCUT2D eigenvalue weighted by atomic mass is 10.2. The number of benzene rings is 2. The molecule has 0 bridgehead atoms. The third-order valence-electron chi connectivity index (χ3n) is 2.87. The van der Waals surface area contributed by atoms with Gasteiger partial charge in [0.25, 0.3) is 0 Å². The third kappa shape index (κ3) is 4.27. The van der Waals surface area contributed by atoms with E-state index in [0.29, 0.717) is 0 Å². The van der Waals surface area contributed by atoms with E-state index in [9.17, 15) is 0 Å². The van der Waals surface area contributed by atoms with Crippen molar-refractivity contribution in [1.29, 1.82) is 0 Å². The molecule has 0 heterocycles. The zero-order valence-electron chi connectivity index (χ0n) is 11.2. The number of aryl methyl sites for hydroxylation is 1. The van der Waals surface area contributed by atoms with Gasteiger partial charge < -0.3 is 5.32 Å². The van der Waals surface area contributed by atoms with E-state index in [1.807, 2.05) is 24.9 Å². The summed E-state index contributed by atoms with van der Waals surface area (Å²) in [6.45, 7) is 2.99. The summed E-state index contributed by atoms with van der Waals surface area (Å²) in [4.78, 5) is 1.25. The van der Waals surface area contributed by atoms with Crippen LogP contribution in [0.4, 0.5) is 0 Å². The van der Waals surface area contributed by atoms with Crippen molar-refractivity contribution in [1.82, 2.24) is 5.32 Å². The highest BCUT2D eigenvalue weighted by molar-refractivity contribution is 7.98. The van der Waals surface area contributed by atoms with Gasteiger partial charge in [-0.1, -0.05) is 47.5 Å². The van der Waals surface area contributed by atoms with Gasteiger partial charge in [-0.2, -0.15) is 0 Å². The van der Waals surface area contributed by atoms with E-state index >= 15 is 0 Å². The van der Waals surface area contributed by atoms with E-state index in [2.05, 4.69) is 48.6 Å². The lowest BCUT2D eigenvalue weighted by molar-refractivity contribution is 0.803. The smallest absolute Gasteiger partial charge is 0.0417 e. The zero-order chi connectivity index (χ0) is 13.7. The molecule has 1 N–H and O–H groups in total. The van der Waals surface area contributed by atoms with Crippen molar-refractivity contribution in [2.75, 3.05) is 7.05 Å². The molecule has 100 valence electrons. The minimum absolute atomic E-state index is 0.798. The van der Waals surface area contributed by atoms with Gasteiger partial charge in [-0.05, 0) is 37.2 Å². The van der Waals surface area contributed by atoms with Gasteiger partial charge in [-0.15, -0.1) is 11.8 Å². The lowest BCUT2D eigenvalue weighted by Gasteiger charge is -2.10. The largest absolute Gasteiger partial charge is 0.316 e. The molecule has 0 aliphatic heterocycles. The topological polar surface area (TPSA) is 12.0 Å². The zero-order valence-corrected chi connectivity index (χ0v) is 12.8. The van der Waals surface area contributed by atoms with Crippen molar-refractivity contribution in [3.8, 4) is 0 Å². The van der Waals surface area contributed by atoms with Crippen LogP contribution in [0.2, 0.25) is 5.02 Å². The van der Waals surface area contributed by atoms with Crippen molar-refractivity contribution in [2.24, 2.45) is 0 Å². The summed E-state index contributed by atoms with van der Waals surface area (Å²) < 4.78 is 0. The highest BCUT2D eigenvalue weighted by atomic mass is 35.5. The van der Waals surface area contributed by atoms with Gasteiger partial charge in [0.1, 0.15) is 0 Å². The molecule has 0 aliphatic rings. The van der Waals surface area contributed by atoms with Crippen molar-refractivity contribution < 1.29 is 0 Å². The average molecular weight is 292 g/mol. The summed E-state index contributed by atoms with van der Waals surface area (Å²) >= 11 is 7.93. The number of hydrogen-bond donors (Lipinski definition) is 1. The third-order valence-corrected chi connectivity index (χ3v) is 4.28. The molecular formula is C16H18ClNS. The van der Waals surface area contributed by atoms with Crippen LogP contribution in [0.15, 0.2) is 47.4 Å². The van der Waals surface area contributed by atoms with Gasteiger partial charge in [-0.25, -0.2) is 0 Å². The van der Waals surface area contributed by atoms with Gasteiger partial charge in [0.05, 0.1) is 0 Å². The first-order valence-electron chi connectivity index (χ1n) is 6.30. The van der Waals surface area contributed by atoms with Crippen LogP contribution in [0.5, 0.6) is 0 Å². The molecule has 19 heavy (non-hydrogen) atoms.